The van der Waals surface area contributed by atoms with Gasteiger partial charge in [-0.05, 0) is 55.0 Å². The summed E-state index contributed by atoms with van der Waals surface area (Å²) in [5.41, 5.74) is 0. The highest BCUT2D eigenvalue weighted by molar-refractivity contribution is 9.10. The largest absolute Gasteiger partial charge is 0.355 e. The second kappa shape index (κ2) is 5.10. The van der Waals surface area contributed by atoms with E-state index >= 15 is 0 Å². The lowest BCUT2D eigenvalue weighted by molar-refractivity contribution is 0.249. The minimum Gasteiger partial charge on any atom is -0.355 e. The summed E-state index contributed by atoms with van der Waals surface area (Å²) in [6, 6.07) is 4.67. The summed E-state index contributed by atoms with van der Waals surface area (Å²) in [4.78, 5) is 4.62. The van der Waals surface area contributed by atoms with Crippen molar-refractivity contribution in [2.75, 3.05) is 32.1 Å². The van der Waals surface area contributed by atoms with Gasteiger partial charge < -0.3 is 9.80 Å². The van der Waals surface area contributed by atoms with Gasteiger partial charge in [-0.3, -0.25) is 0 Å². The van der Waals surface area contributed by atoms with Crippen molar-refractivity contribution in [2.24, 2.45) is 0 Å². The molecule has 0 spiro atoms. The number of anilines is 1. The van der Waals surface area contributed by atoms with E-state index in [9.17, 15) is 0 Å². The van der Waals surface area contributed by atoms with Crippen molar-refractivity contribution in [1.29, 1.82) is 0 Å². The first-order valence-electron chi connectivity index (χ1n) is 5.57. The fourth-order valence-electron chi connectivity index (χ4n) is 2.09. The predicted molar refractivity (Wildman–Crippen MR) is 68.7 cm³/mol. The van der Waals surface area contributed by atoms with Gasteiger partial charge in [-0.15, -0.1) is 10.2 Å². The van der Waals surface area contributed by atoms with Crippen LogP contribution in [0.1, 0.15) is 12.8 Å². The van der Waals surface area contributed by atoms with Crippen LogP contribution in [0.25, 0.3) is 0 Å². The van der Waals surface area contributed by atoms with Gasteiger partial charge in [0, 0.05) is 19.1 Å². The number of rotatable bonds is 2. The molecular weight excluding hydrogens is 268 g/mol. The van der Waals surface area contributed by atoms with Crippen molar-refractivity contribution in [3.8, 4) is 0 Å². The molecular formula is C11H17BrN4. The summed E-state index contributed by atoms with van der Waals surface area (Å²) < 4.78 is 0.791. The Bertz CT molecular complexity index is 330. The van der Waals surface area contributed by atoms with E-state index in [1.54, 1.807) is 0 Å². The SMILES string of the molecule is CN(C)C1CCN(c2ccc(Br)nn2)CC1. The minimum atomic E-state index is 0.708. The molecule has 5 heteroatoms. The Hall–Kier alpha value is -0.680. The van der Waals surface area contributed by atoms with Crippen molar-refractivity contribution in [2.45, 2.75) is 18.9 Å². The maximum Gasteiger partial charge on any atom is 0.151 e. The lowest BCUT2D eigenvalue weighted by Gasteiger charge is -2.35. The van der Waals surface area contributed by atoms with Crippen LogP contribution in [-0.4, -0.2) is 48.3 Å². The van der Waals surface area contributed by atoms with E-state index in [1.165, 1.54) is 12.8 Å². The van der Waals surface area contributed by atoms with E-state index in [0.29, 0.717) is 6.04 Å². The second-order valence-electron chi connectivity index (χ2n) is 4.40. The zero-order chi connectivity index (χ0) is 11.5. The van der Waals surface area contributed by atoms with E-state index < -0.39 is 0 Å². The Morgan fingerprint density at radius 2 is 1.94 bits per heavy atom. The van der Waals surface area contributed by atoms with Crippen LogP contribution in [0.2, 0.25) is 0 Å². The number of nitrogens with zero attached hydrogens (tertiary/aromatic N) is 4. The molecule has 2 rings (SSSR count). The zero-order valence-electron chi connectivity index (χ0n) is 9.73. The van der Waals surface area contributed by atoms with Crippen LogP contribution in [0.3, 0.4) is 0 Å². The molecule has 1 fully saturated rings. The first kappa shape index (κ1) is 11.8. The topological polar surface area (TPSA) is 32.3 Å². The Kier molecular flexibility index (Phi) is 3.76. The lowest BCUT2D eigenvalue weighted by atomic mass is 10.0. The smallest absolute Gasteiger partial charge is 0.151 e. The summed E-state index contributed by atoms with van der Waals surface area (Å²) >= 11 is 3.30. The van der Waals surface area contributed by atoms with E-state index in [2.05, 4.69) is 50.0 Å². The van der Waals surface area contributed by atoms with E-state index in [4.69, 9.17) is 0 Å². The molecule has 0 aliphatic carbocycles. The number of halogens is 1. The van der Waals surface area contributed by atoms with Crippen LogP contribution in [-0.2, 0) is 0 Å². The summed E-state index contributed by atoms with van der Waals surface area (Å²) in [7, 11) is 4.31. The Morgan fingerprint density at radius 1 is 1.25 bits per heavy atom. The molecule has 0 N–H and O–H groups in total. The highest BCUT2D eigenvalue weighted by atomic mass is 79.9. The summed E-state index contributed by atoms with van der Waals surface area (Å²) in [5.74, 6) is 0.986. The first-order chi connectivity index (χ1) is 7.66. The fraction of sp³-hybridized carbons (Fsp3) is 0.636. The maximum atomic E-state index is 4.19. The van der Waals surface area contributed by atoms with Crippen LogP contribution in [0.4, 0.5) is 5.82 Å². The molecule has 0 bridgehead atoms. The maximum absolute atomic E-state index is 4.19. The zero-order valence-corrected chi connectivity index (χ0v) is 11.3. The molecule has 0 atom stereocenters. The third-order valence-electron chi connectivity index (χ3n) is 3.14. The molecule has 1 aromatic rings. The van der Waals surface area contributed by atoms with Crippen LogP contribution in [0.15, 0.2) is 16.7 Å². The molecule has 0 amide bonds. The molecule has 2 heterocycles. The number of hydrogen-bond donors (Lipinski definition) is 0. The highest BCUT2D eigenvalue weighted by Gasteiger charge is 2.21. The average Bonchev–Trinajstić information content (AvgIpc) is 2.30. The van der Waals surface area contributed by atoms with Crippen LogP contribution < -0.4 is 4.90 Å². The molecule has 1 saturated heterocycles. The van der Waals surface area contributed by atoms with Gasteiger partial charge >= 0.3 is 0 Å². The quantitative estimate of drug-likeness (QED) is 0.829. The normalized spacial score (nSPS) is 18.1. The van der Waals surface area contributed by atoms with Gasteiger partial charge in [0.25, 0.3) is 0 Å². The van der Waals surface area contributed by atoms with Crippen molar-refractivity contribution in [1.82, 2.24) is 15.1 Å². The lowest BCUT2D eigenvalue weighted by Crippen LogP contribution is -2.42. The Morgan fingerprint density at radius 3 is 2.44 bits per heavy atom. The van der Waals surface area contributed by atoms with E-state index in [-0.39, 0.29) is 0 Å². The van der Waals surface area contributed by atoms with Gasteiger partial charge in [-0.1, -0.05) is 0 Å². The first-order valence-corrected chi connectivity index (χ1v) is 6.37. The Balaban J connectivity index is 1.96. The van der Waals surface area contributed by atoms with Crippen molar-refractivity contribution >= 4 is 21.7 Å². The summed E-state index contributed by atoms with van der Waals surface area (Å²) in [6.45, 7) is 2.14. The molecule has 0 radical (unpaired) electrons. The molecule has 1 aromatic heterocycles. The van der Waals surface area contributed by atoms with E-state index in [0.717, 1.165) is 23.5 Å². The van der Waals surface area contributed by atoms with Gasteiger partial charge in [-0.25, -0.2) is 0 Å². The highest BCUT2D eigenvalue weighted by Crippen LogP contribution is 2.19. The van der Waals surface area contributed by atoms with Gasteiger partial charge in [0.05, 0.1) is 0 Å². The molecule has 16 heavy (non-hydrogen) atoms. The number of hydrogen-bond acceptors (Lipinski definition) is 4. The van der Waals surface area contributed by atoms with Gasteiger partial charge in [-0.2, -0.15) is 0 Å². The van der Waals surface area contributed by atoms with E-state index in [1.807, 2.05) is 12.1 Å². The van der Waals surface area contributed by atoms with Crippen LogP contribution >= 0.6 is 15.9 Å². The van der Waals surface area contributed by atoms with Gasteiger partial charge in [0.2, 0.25) is 0 Å². The van der Waals surface area contributed by atoms with Gasteiger partial charge in [0.15, 0.2) is 5.82 Å². The fourth-order valence-corrected chi connectivity index (χ4v) is 2.30. The van der Waals surface area contributed by atoms with Crippen LogP contribution in [0.5, 0.6) is 0 Å². The molecule has 4 nitrogen and oxygen atoms in total. The average molecular weight is 285 g/mol. The predicted octanol–water partition coefficient (Wildman–Crippen LogP) is 1.77. The van der Waals surface area contributed by atoms with Crippen LogP contribution in [0, 0.1) is 0 Å². The van der Waals surface area contributed by atoms with Gasteiger partial charge in [0.1, 0.15) is 4.60 Å². The monoisotopic (exact) mass is 284 g/mol. The third kappa shape index (κ3) is 2.71. The standard InChI is InChI=1S/C11H17BrN4/c1-15(2)9-5-7-16(8-6-9)11-4-3-10(12)13-14-11/h3-4,9H,5-8H2,1-2H3. The molecule has 0 aromatic carbocycles. The van der Waals surface area contributed by atoms with Crippen molar-refractivity contribution in [3.63, 3.8) is 0 Å². The molecule has 88 valence electrons. The third-order valence-corrected chi connectivity index (χ3v) is 3.56. The molecule has 0 unspecified atom stereocenters. The molecule has 1 aliphatic heterocycles. The summed E-state index contributed by atoms with van der Waals surface area (Å²) in [6.07, 6.45) is 2.40. The molecule has 0 saturated carbocycles. The second-order valence-corrected chi connectivity index (χ2v) is 5.21. The van der Waals surface area contributed by atoms with Crippen molar-refractivity contribution < 1.29 is 0 Å². The number of aromatic nitrogens is 2. The molecule has 1 aliphatic rings. The number of piperidine rings is 1. The Labute approximate surface area is 105 Å². The van der Waals surface area contributed by atoms with Crippen molar-refractivity contribution in [3.05, 3.63) is 16.7 Å². The summed E-state index contributed by atoms with van der Waals surface area (Å²) in [5, 5.41) is 8.21. The minimum absolute atomic E-state index is 0.708.